The van der Waals surface area contributed by atoms with Crippen molar-refractivity contribution in [1.82, 2.24) is 0 Å². The lowest BCUT2D eigenvalue weighted by Gasteiger charge is -2.29. The second kappa shape index (κ2) is 8.91. The number of aldehydes is 1. The maximum atomic E-state index is 11.6. The molecule has 2 unspecified atom stereocenters. The summed E-state index contributed by atoms with van der Waals surface area (Å²) in [5.74, 6) is 1.69. The minimum atomic E-state index is -0.0116. The van der Waals surface area contributed by atoms with Crippen LogP contribution in [0, 0.1) is 5.92 Å². The van der Waals surface area contributed by atoms with Crippen molar-refractivity contribution in [1.29, 1.82) is 0 Å². The lowest BCUT2D eigenvalue weighted by Crippen LogP contribution is -2.18. The first-order chi connectivity index (χ1) is 11.6. The Hall–Kier alpha value is -1.77. The first-order valence-corrected chi connectivity index (χ1v) is 9.01. The van der Waals surface area contributed by atoms with Gasteiger partial charge in [0.15, 0.2) is 0 Å². The lowest BCUT2D eigenvalue weighted by atomic mass is 9.77. The van der Waals surface area contributed by atoms with Gasteiger partial charge >= 0.3 is 0 Å². The summed E-state index contributed by atoms with van der Waals surface area (Å²) < 4.78 is 11.4. The Kier molecular flexibility index (Phi) is 6.89. The molecule has 24 heavy (non-hydrogen) atoms. The molecule has 3 heteroatoms. The minimum absolute atomic E-state index is 0.0116. The Bertz CT molecular complexity index is 564. The van der Waals surface area contributed by atoms with E-state index in [1.54, 1.807) is 14.2 Å². The molecule has 0 fully saturated rings. The summed E-state index contributed by atoms with van der Waals surface area (Å²) in [6, 6.07) is 4.24. The van der Waals surface area contributed by atoms with Gasteiger partial charge in [0.05, 0.1) is 14.2 Å². The molecule has 0 spiro atoms. The molecule has 3 nitrogen and oxygen atoms in total. The first-order valence-electron chi connectivity index (χ1n) is 9.01. The number of carbonyl (C=O) groups excluding carboxylic acids is 1. The molecular formula is C21H30O3. The number of benzene rings is 1. The third kappa shape index (κ3) is 4.19. The molecule has 132 valence electrons. The SMILES string of the molecule is CCCCCc1cc(OC)c(C2C=C(C)CCC2C=O)c(OC)c1. The molecule has 0 aromatic heterocycles. The van der Waals surface area contributed by atoms with Crippen LogP contribution in [0.15, 0.2) is 23.8 Å². The number of hydrogen-bond acceptors (Lipinski definition) is 3. The summed E-state index contributed by atoms with van der Waals surface area (Å²) in [5, 5.41) is 0. The third-order valence-corrected chi connectivity index (χ3v) is 4.98. The normalized spacial score (nSPS) is 20.4. The molecule has 0 radical (unpaired) electrons. The Balaban J connectivity index is 2.43. The van der Waals surface area contributed by atoms with Gasteiger partial charge in [0, 0.05) is 17.4 Å². The average molecular weight is 330 g/mol. The molecular weight excluding hydrogens is 300 g/mol. The van der Waals surface area contributed by atoms with E-state index in [1.165, 1.54) is 30.4 Å². The fourth-order valence-electron chi connectivity index (χ4n) is 3.58. The van der Waals surface area contributed by atoms with Crippen molar-refractivity contribution >= 4 is 6.29 Å². The highest BCUT2D eigenvalue weighted by atomic mass is 16.5. The molecule has 1 aliphatic carbocycles. The van der Waals surface area contributed by atoms with E-state index in [9.17, 15) is 4.79 Å². The number of ether oxygens (including phenoxy) is 2. The van der Waals surface area contributed by atoms with Gasteiger partial charge < -0.3 is 14.3 Å². The van der Waals surface area contributed by atoms with Crippen molar-refractivity contribution < 1.29 is 14.3 Å². The number of rotatable bonds is 8. The quantitative estimate of drug-likeness (QED) is 0.379. The highest BCUT2D eigenvalue weighted by Crippen LogP contribution is 2.44. The second-order valence-corrected chi connectivity index (χ2v) is 6.75. The van der Waals surface area contributed by atoms with Crippen LogP contribution in [0.4, 0.5) is 0 Å². The summed E-state index contributed by atoms with van der Waals surface area (Å²) in [6.07, 6.45) is 9.80. The summed E-state index contributed by atoms with van der Waals surface area (Å²) in [7, 11) is 3.40. The molecule has 0 N–H and O–H groups in total. The van der Waals surface area contributed by atoms with Crippen molar-refractivity contribution in [2.24, 2.45) is 5.92 Å². The predicted molar refractivity (Wildman–Crippen MR) is 98.1 cm³/mol. The van der Waals surface area contributed by atoms with Crippen molar-refractivity contribution in [2.75, 3.05) is 14.2 Å². The minimum Gasteiger partial charge on any atom is -0.496 e. The summed E-state index contributed by atoms with van der Waals surface area (Å²) in [4.78, 5) is 11.6. The number of unbranched alkanes of at least 4 members (excludes halogenated alkanes) is 2. The van der Waals surface area contributed by atoms with E-state index in [0.29, 0.717) is 0 Å². The average Bonchev–Trinajstić information content (AvgIpc) is 2.61. The smallest absolute Gasteiger partial charge is 0.126 e. The van der Waals surface area contributed by atoms with Crippen LogP contribution in [0.25, 0.3) is 0 Å². The van der Waals surface area contributed by atoms with Gasteiger partial charge in [-0.15, -0.1) is 0 Å². The zero-order valence-electron chi connectivity index (χ0n) is 15.4. The summed E-state index contributed by atoms with van der Waals surface area (Å²) in [6.45, 7) is 4.34. The largest absolute Gasteiger partial charge is 0.496 e. The Morgan fingerprint density at radius 1 is 1.17 bits per heavy atom. The predicted octanol–water partition coefficient (Wildman–Crippen LogP) is 5.08. The summed E-state index contributed by atoms with van der Waals surface area (Å²) in [5.41, 5.74) is 3.57. The van der Waals surface area contributed by atoms with Gasteiger partial charge in [0.25, 0.3) is 0 Å². The maximum Gasteiger partial charge on any atom is 0.126 e. The van der Waals surface area contributed by atoms with Gasteiger partial charge in [-0.25, -0.2) is 0 Å². The van der Waals surface area contributed by atoms with E-state index >= 15 is 0 Å². The standard InChI is InChI=1S/C21H30O3/c1-5-6-7-8-16-12-19(23-3)21(20(13-16)24-4)18-11-15(2)9-10-17(18)14-22/h11-14,17-18H,5-10H2,1-4H3. The van der Waals surface area contributed by atoms with Crippen LogP contribution < -0.4 is 9.47 Å². The number of aryl methyl sites for hydroxylation is 1. The van der Waals surface area contributed by atoms with Gasteiger partial charge in [-0.05, 0) is 50.3 Å². The van der Waals surface area contributed by atoms with Gasteiger partial charge in [-0.3, -0.25) is 0 Å². The van der Waals surface area contributed by atoms with Crippen molar-refractivity contribution in [2.45, 2.75) is 58.3 Å². The molecule has 2 rings (SSSR count). The van der Waals surface area contributed by atoms with Gasteiger partial charge in [-0.1, -0.05) is 31.4 Å². The Morgan fingerprint density at radius 3 is 2.38 bits per heavy atom. The highest BCUT2D eigenvalue weighted by Gasteiger charge is 2.30. The molecule has 2 atom stereocenters. The Morgan fingerprint density at radius 2 is 1.83 bits per heavy atom. The number of allylic oxidation sites excluding steroid dienone is 2. The molecule has 0 aliphatic heterocycles. The highest BCUT2D eigenvalue weighted by molar-refractivity contribution is 5.62. The van der Waals surface area contributed by atoms with Gasteiger partial charge in [0.2, 0.25) is 0 Å². The molecule has 0 bridgehead atoms. The summed E-state index contributed by atoms with van der Waals surface area (Å²) >= 11 is 0. The van der Waals surface area contributed by atoms with Gasteiger partial charge in [0.1, 0.15) is 17.8 Å². The van der Waals surface area contributed by atoms with E-state index in [-0.39, 0.29) is 11.8 Å². The van der Waals surface area contributed by atoms with Crippen molar-refractivity contribution in [3.05, 3.63) is 34.9 Å². The van der Waals surface area contributed by atoms with Crippen LogP contribution in [0.2, 0.25) is 0 Å². The van der Waals surface area contributed by atoms with Crippen LogP contribution in [0.1, 0.15) is 63.0 Å². The topological polar surface area (TPSA) is 35.5 Å². The number of hydrogen-bond donors (Lipinski definition) is 0. The molecule has 1 aromatic rings. The van der Waals surface area contributed by atoms with Crippen LogP contribution in [-0.2, 0) is 11.2 Å². The monoisotopic (exact) mass is 330 g/mol. The molecule has 0 amide bonds. The van der Waals surface area contributed by atoms with Crippen LogP contribution >= 0.6 is 0 Å². The van der Waals surface area contributed by atoms with Crippen molar-refractivity contribution in [3.8, 4) is 11.5 Å². The molecule has 1 aliphatic rings. The van der Waals surface area contributed by atoms with E-state index in [1.807, 2.05) is 0 Å². The van der Waals surface area contributed by atoms with Crippen LogP contribution in [-0.4, -0.2) is 20.5 Å². The molecule has 0 saturated carbocycles. The third-order valence-electron chi connectivity index (χ3n) is 4.98. The molecule has 0 saturated heterocycles. The van der Waals surface area contributed by atoms with E-state index < -0.39 is 0 Å². The maximum absolute atomic E-state index is 11.6. The fourth-order valence-corrected chi connectivity index (χ4v) is 3.58. The second-order valence-electron chi connectivity index (χ2n) is 6.75. The fraction of sp³-hybridized carbons (Fsp3) is 0.571. The van der Waals surface area contributed by atoms with Crippen LogP contribution in [0.5, 0.6) is 11.5 Å². The van der Waals surface area contributed by atoms with E-state index in [0.717, 1.165) is 42.6 Å². The zero-order valence-corrected chi connectivity index (χ0v) is 15.4. The number of methoxy groups -OCH3 is 2. The zero-order chi connectivity index (χ0) is 17.5. The van der Waals surface area contributed by atoms with E-state index in [4.69, 9.17) is 9.47 Å². The van der Waals surface area contributed by atoms with Gasteiger partial charge in [-0.2, -0.15) is 0 Å². The molecule has 1 aromatic carbocycles. The van der Waals surface area contributed by atoms with Crippen LogP contribution in [0.3, 0.4) is 0 Å². The Labute approximate surface area is 146 Å². The lowest BCUT2D eigenvalue weighted by molar-refractivity contribution is -0.111. The van der Waals surface area contributed by atoms with E-state index in [2.05, 4.69) is 32.1 Å². The van der Waals surface area contributed by atoms with Crippen molar-refractivity contribution in [3.63, 3.8) is 0 Å². The number of carbonyl (C=O) groups is 1. The first kappa shape index (κ1) is 18.6. The molecule has 0 heterocycles.